The number of amides is 3. The summed E-state index contributed by atoms with van der Waals surface area (Å²) in [6, 6.07) is 22.7. The van der Waals surface area contributed by atoms with Crippen LogP contribution in [0.15, 0.2) is 85.2 Å². The molecule has 5 aromatic rings. The van der Waals surface area contributed by atoms with Crippen LogP contribution in [0.1, 0.15) is 49.5 Å². The maximum absolute atomic E-state index is 13.2. The number of carbonyl (C=O) groups excluding carboxylic acids is 3. The molecule has 0 fully saturated rings. The number of hydrogen-bond donors (Lipinski definition) is 2. The van der Waals surface area contributed by atoms with Crippen LogP contribution in [-0.4, -0.2) is 70.0 Å². The molecule has 0 spiro atoms. The Morgan fingerprint density at radius 1 is 0.939 bits per heavy atom. The Hall–Kier alpha value is -5.22. The minimum atomic E-state index is -0.691. The van der Waals surface area contributed by atoms with Gasteiger partial charge in [0.1, 0.15) is 11.4 Å². The van der Waals surface area contributed by atoms with Gasteiger partial charge in [0.05, 0.1) is 5.52 Å². The third-order valence-corrected chi connectivity index (χ3v) is 8.32. The summed E-state index contributed by atoms with van der Waals surface area (Å²) in [6.07, 6.45) is 3.77. The van der Waals surface area contributed by atoms with Crippen LogP contribution in [0, 0.1) is 0 Å². The summed E-state index contributed by atoms with van der Waals surface area (Å²) in [6.45, 7) is 6.91. The summed E-state index contributed by atoms with van der Waals surface area (Å²) in [4.78, 5) is 50.4. The number of aromatic nitrogens is 2. The molecule has 49 heavy (non-hydrogen) atoms. The van der Waals surface area contributed by atoms with E-state index in [1.54, 1.807) is 41.4 Å². The van der Waals surface area contributed by atoms with E-state index in [1.807, 2.05) is 81.4 Å². The molecule has 0 saturated carbocycles. The summed E-state index contributed by atoms with van der Waals surface area (Å²) < 4.78 is 5.67. The average Bonchev–Trinajstić information content (AvgIpc) is 3.07. The lowest BCUT2D eigenvalue weighted by molar-refractivity contribution is -0.130. The molecule has 10 nitrogen and oxygen atoms in total. The maximum Gasteiger partial charge on any atom is 0.410 e. The minimum absolute atomic E-state index is 0.0923. The third-order valence-electron chi connectivity index (χ3n) is 8.01. The maximum atomic E-state index is 13.2. The van der Waals surface area contributed by atoms with Crippen LogP contribution in [0.3, 0.4) is 0 Å². The van der Waals surface area contributed by atoms with Gasteiger partial charge in [-0.05, 0) is 62.6 Å². The number of nitrogens with two attached hydrogens (primary N) is 1. The molecule has 0 aliphatic rings. The molecule has 0 aliphatic heterocycles. The molecule has 5 rings (SSSR count). The highest BCUT2D eigenvalue weighted by atomic mass is 35.5. The quantitative estimate of drug-likeness (QED) is 0.105. The molecular formula is C38H41ClN6O4. The monoisotopic (exact) mass is 680 g/mol. The van der Waals surface area contributed by atoms with Crippen LogP contribution in [-0.2, 0) is 16.1 Å². The van der Waals surface area contributed by atoms with Crippen molar-refractivity contribution in [3.63, 3.8) is 0 Å². The van der Waals surface area contributed by atoms with E-state index in [0.29, 0.717) is 41.4 Å². The number of pyridine rings is 2. The van der Waals surface area contributed by atoms with Gasteiger partial charge in [-0.1, -0.05) is 60.1 Å². The normalized spacial score (nSPS) is 11.4. The van der Waals surface area contributed by atoms with Gasteiger partial charge in [0.15, 0.2) is 0 Å². The zero-order chi connectivity index (χ0) is 35.1. The number of rotatable bonds is 12. The first kappa shape index (κ1) is 35.1. The Labute approximate surface area is 291 Å². The van der Waals surface area contributed by atoms with Crippen LogP contribution in [0.2, 0.25) is 5.02 Å². The van der Waals surface area contributed by atoms with Crippen LogP contribution in [0.5, 0.6) is 0 Å². The second kappa shape index (κ2) is 15.3. The Balaban J connectivity index is 1.19. The largest absolute Gasteiger partial charge is 0.444 e. The number of fused-ring (bicyclic) bond motifs is 3. The smallest absolute Gasteiger partial charge is 0.410 e. The van der Waals surface area contributed by atoms with Crippen molar-refractivity contribution in [2.24, 2.45) is 5.73 Å². The van der Waals surface area contributed by atoms with E-state index in [0.717, 1.165) is 32.8 Å². The van der Waals surface area contributed by atoms with E-state index in [4.69, 9.17) is 27.1 Å². The van der Waals surface area contributed by atoms with Gasteiger partial charge in [-0.2, -0.15) is 0 Å². The molecule has 0 aliphatic carbocycles. The molecule has 0 bridgehead atoms. The second-order valence-electron chi connectivity index (χ2n) is 12.9. The van der Waals surface area contributed by atoms with Crippen LogP contribution < -0.4 is 11.1 Å². The van der Waals surface area contributed by atoms with Crippen molar-refractivity contribution in [2.45, 2.75) is 45.8 Å². The first-order valence-corrected chi connectivity index (χ1v) is 16.5. The van der Waals surface area contributed by atoms with Crippen LogP contribution in [0.25, 0.3) is 32.8 Å². The lowest BCUT2D eigenvalue weighted by Gasteiger charge is -2.28. The topological polar surface area (TPSA) is 131 Å². The fourth-order valence-corrected chi connectivity index (χ4v) is 5.81. The van der Waals surface area contributed by atoms with Crippen molar-refractivity contribution in [1.29, 1.82) is 0 Å². The Bertz CT molecular complexity index is 1980. The molecule has 0 saturated heterocycles. The molecule has 0 atom stereocenters. The third kappa shape index (κ3) is 9.03. The summed E-state index contributed by atoms with van der Waals surface area (Å²) >= 11 is 6.65. The average molecular weight is 681 g/mol. The number of halogens is 1. The van der Waals surface area contributed by atoms with Crippen molar-refractivity contribution in [2.75, 3.05) is 32.0 Å². The number of carbonyl (C=O) groups is 3. The molecule has 11 heteroatoms. The van der Waals surface area contributed by atoms with Crippen molar-refractivity contribution >= 4 is 57.0 Å². The standard InChI is InChI=1S/C38H41ClN6O4/c1-38(2,3)49-37(48)45(24-25-11-13-28(32(39)21-25)26-9-6-5-7-10-26)20-16-34(46)44(4)19-8-17-42-36-30-15-18-41-23-31(30)29-14-12-27(35(40)47)22-33(29)43-36/h5-7,9-15,18,21-23H,8,16-17,19-20,24H2,1-4H3,(H2,40,47)(H,42,43). The van der Waals surface area contributed by atoms with Crippen molar-refractivity contribution in [3.8, 4) is 11.1 Å². The molecular weight excluding hydrogens is 640 g/mol. The summed E-state index contributed by atoms with van der Waals surface area (Å²) in [5, 5.41) is 6.64. The number of anilines is 1. The van der Waals surface area contributed by atoms with Crippen LogP contribution in [0.4, 0.5) is 10.6 Å². The van der Waals surface area contributed by atoms with E-state index < -0.39 is 17.6 Å². The number of hydrogen-bond acceptors (Lipinski definition) is 7. The number of benzene rings is 3. The van der Waals surface area contributed by atoms with E-state index >= 15 is 0 Å². The number of primary amides is 1. The van der Waals surface area contributed by atoms with Gasteiger partial charge in [0.25, 0.3) is 0 Å². The molecule has 2 aromatic heterocycles. The molecule has 3 N–H and O–H groups in total. The lowest BCUT2D eigenvalue weighted by Crippen LogP contribution is -2.39. The Kier molecular flexibility index (Phi) is 11.0. The Morgan fingerprint density at radius 2 is 1.71 bits per heavy atom. The summed E-state index contributed by atoms with van der Waals surface area (Å²) in [7, 11) is 1.75. The van der Waals surface area contributed by atoms with E-state index in [-0.39, 0.29) is 25.4 Å². The molecule has 0 radical (unpaired) electrons. The van der Waals surface area contributed by atoms with Crippen molar-refractivity contribution in [1.82, 2.24) is 19.8 Å². The van der Waals surface area contributed by atoms with Gasteiger partial charge >= 0.3 is 6.09 Å². The highest BCUT2D eigenvalue weighted by Crippen LogP contribution is 2.30. The zero-order valence-corrected chi connectivity index (χ0v) is 29.0. The van der Waals surface area contributed by atoms with Gasteiger partial charge in [-0.15, -0.1) is 0 Å². The van der Waals surface area contributed by atoms with E-state index in [9.17, 15) is 14.4 Å². The molecule has 254 valence electrons. The van der Waals surface area contributed by atoms with Gasteiger partial charge < -0.3 is 25.6 Å². The highest BCUT2D eigenvalue weighted by Gasteiger charge is 2.24. The first-order valence-electron chi connectivity index (χ1n) is 16.2. The first-order chi connectivity index (χ1) is 23.4. The van der Waals surface area contributed by atoms with Crippen molar-refractivity contribution in [3.05, 3.63) is 101 Å². The Morgan fingerprint density at radius 3 is 2.43 bits per heavy atom. The highest BCUT2D eigenvalue weighted by molar-refractivity contribution is 6.33. The van der Waals surface area contributed by atoms with E-state index in [2.05, 4.69) is 10.3 Å². The van der Waals surface area contributed by atoms with Gasteiger partial charge in [0, 0.05) is 84.3 Å². The fourth-order valence-electron chi connectivity index (χ4n) is 5.50. The summed E-state index contributed by atoms with van der Waals surface area (Å²) in [5.41, 5.74) is 8.55. The van der Waals surface area contributed by atoms with E-state index in [1.165, 1.54) is 0 Å². The van der Waals surface area contributed by atoms with Crippen LogP contribution >= 0.6 is 11.6 Å². The van der Waals surface area contributed by atoms with Crippen molar-refractivity contribution < 1.29 is 19.1 Å². The van der Waals surface area contributed by atoms with Gasteiger partial charge in [-0.3, -0.25) is 14.6 Å². The molecule has 2 heterocycles. The SMILES string of the molecule is CN(CCCNc1nc2cc(C(N)=O)ccc2c2cnccc12)C(=O)CCN(Cc1ccc(-c2ccccc2)c(Cl)c1)C(=O)OC(C)(C)C. The fraction of sp³-hybridized carbons (Fsp3) is 0.289. The second-order valence-corrected chi connectivity index (χ2v) is 13.3. The predicted molar refractivity (Wildman–Crippen MR) is 194 cm³/mol. The number of nitrogens with one attached hydrogen (secondary N) is 1. The summed E-state index contributed by atoms with van der Waals surface area (Å²) in [5.74, 6) is 0.0454. The van der Waals surface area contributed by atoms with Gasteiger partial charge in [0.2, 0.25) is 11.8 Å². The zero-order valence-electron chi connectivity index (χ0n) is 28.2. The minimum Gasteiger partial charge on any atom is -0.444 e. The number of nitrogens with zero attached hydrogens (tertiary/aromatic N) is 4. The molecule has 3 amide bonds. The lowest BCUT2D eigenvalue weighted by atomic mass is 10.0. The van der Waals surface area contributed by atoms with Gasteiger partial charge in [-0.25, -0.2) is 9.78 Å². The number of ether oxygens (including phenoxy) is 1. The predicted octanol–water partition coefficient (Wildman–Crippen LogP) is 7.29. The molecule has 0 unspecified atom stereocenters. The molecule has 3 aromatic carbocycles.